The fourth-order valence-electron chi connectivity index (χ4n) is 5.98. The van der Waals surface area contributed by atoms with Crippen molar-refractivity contribution in [1.82, 2.24) is 15.0 Å². The summed E-state index contributed by atoms with van der Waals surface area (Å²) in [5, 5.41) is 10.1. The van der Waals surface area contributed by atoms with E-state index in [1.165, 1.54) is 70.6 Å². The molecule has 0 N–H and O–H groups in total. The molecule has 0 aliphatic carbocycles. The normalized spacial score (nSPS) is 12.9. The topological polar surface area (TPSA) is 44.3 Å². The number of fused-ring (bicyclic) bond motifs is 1. The molecule has 0 spiro atoms. The second-order valence-electron chi connectivity index (χ2n) is 12.5. The number of benzene rings is 1. The van der Waals surface area contributed by atoms with Gasteiger partial charge in [0.05, 0.1) is 29.5 Å². The van der Waals surface area contributed by atoms with Crippen LogP contribution in [0.1, 0.15) is 115 Å². The van der Waals surface area contributed by atoms with Crippen LogP contribution in [0.3, 0.4) is 0 Å². The van der Waals surface area contributed by atoms with Gasteiger partial charge in [0.2, 0.25) is 5.69 Å². The Bertz CT molecular complexity index is 1510. The molecule has 0 saturated carbocycles. The standard InChI is InChI=1S/C37H52N4OS2/c1-8-12-15-16-19-29(18-14-10-3)25-42-32-23-33(44-37(32)36-31(38-7)22-27(6)43-36)30-21-20-26(5)34-35(30)40-41(39-34)24-28(11-4)17-13-9-2/h20-23,28-29H,8-19,24-25H2,1-6H3. The molecule has 0 amide bonds. The van der Waals surface area contributed by atoms with Crippen molar-refractivity contribution < 1.29 is 4.74 Å². The molecule has 0 aliphatic rings. The average Bonchev–Trinajstić information content (AvgIpc) is 3.75. The van der Waals surface area contributed by atoms with Crippen LogP contribution in [0.4, 0.5) is 5.69 Å². The molecule has 2 atom stereocenters. The smallest absolute Gasteiger partial charge is 0.206 e. The van der Waals surface area contributed by atoms with Crippen molar-refractivity contribution in [3.8, 4) is 25.9 Å². The van der Waals surface area contributed by atoms with E-state index in [0.717, 1.165) is 67.0 Å². The van der Waals surface area contributed by atoms with Gasteiger partial charge in [0.1, 0.15) is 16.8 Å². The van der Waals surface area contributed by atoms with Gasteiger partial charge in [-0.1, -0.05) is 97.6 Å². The van der Waals surface area contributed by atoms with Crippen molar-refractivity contribution in [1.29, 1.82) is 0 Å². The number of hydrogen-bond donors (Lipinski definition) is 0. The molecule has 44 heavy (non-hydrogen) atoms. The van der Waals surface area contributed by atoms with Crippen LogP contribution in [0.25, 0.3) is 36.1 Å². The SMILES string of the molecule is [C-]#[N+]c1cc(C)sc1-c1sc(-c2ccc(C)c3nn(CC(CC)CCCC)nc23)cc1OCC(CCCC)CCCCCC. The largest absolute Gasteiger partial charge is 0.492 e. The Morgan fingerprint density at radius 1 is 0.818 bits per heavy atom. The first-order valence-electron chi connectivity index (χ1n) is 17.0. The molecule has 4 aromatic rings. The highest BCUT2D eigenvalue weighted by Crippen LogP contribution is 2.50. The lowest BCUT2D eigenvalue weighted by atomic mass is 9.96. The number of thiophene rings is 2. The van der Waals surface area contributed by atoms with Crippen LogP contribution in [0, 0.1) is 32.3 Å². The maximum atomic E-state index is 7.87. The summed E-state index contributed by atoms with van der Waals surface area (Å²) in [4.78, 5) is 10.2. The Morgan fingerprint density at radius 2 is 1.52 bits per heavy atom. The molecular weight excluding hydrogens is 581 g/mol. The molecule has 3 aromatic heterocycles. The number of aromatic nitrogens is 3. The lowest BCUT2D eigenvalue weighted by Crippen LogP contribution is -2.12. The highest BCUT2D eigenvalue weighted by Gasteiger charge is 2.23. The van der Waals surface area contributed by atoms with Crippen LogP contribution in [-0.2, 0) is 6.54 Å². The summed E-state index contributed by atoms with van der Waals surface area (Å²) >= 11 is 3.42. The number of nitrogens with zero attached hydrogens (tertiary/aromatic N) is 4. The maximum absolute atomic E-state index is 7.87. The fourth-order valence-corrected chi connectivity index (χ4v) is 8.20. The van der Waals surface area contributed by atoms with Crippen LogP contribution < -0.4 is 4.74 Å². The van der Waals surface area contributed by atoms with Crippen molar-refractivity contribution in [2.24, 2.45) is 11.8 Å². The first-order chi connectivity index (χ1) is 21.4. The van der Waals surface area contributed by atoms with Gasteiger partial charge in [-0.25, -0.2) is 4.85 Å². The Hall–Kier alpha value is -2.69. The second kappa shape index (κ2) is 17.1. The van der Waals surface area contributed by atoms with Crippen LogP contribution >= 0.6 is 22.7 Å². The third kappa shape index (κ3) is 8.73. The Morgan fingerprint density at radius 3 is 2.23 bits per heavy atom. The number of ether oxygens (including phenoxy) is 1. The van der Waals surface area contributed by atoms with E-state index in [1.54, 1.807) is 22.7 Å². The number of aryl methyl sites for hydroxylation is 2. The van der Waals surface area contributed by atoms with Crippen LogP contribution in [0.2, 0.25) is 0 Å². The number of hydrogen-bond acceptors (Lipinski definition) is 5. The molecule has 2 unspecified atom stereocenters. The molecule has 7 heteroatoms. The molecule has 238 valence electrons. The minimum atomic E-state index is 0.554. The van der Waals surface area contributed by atoms with Crippen LogP contribution in [0.5, 0.6) is 5.75 Å². The minimum Gasteiger partial charge on any atom is -0.492 e. The molecule has 4 rings (SSSR count). The van der Waals surface area contributed by atoms with E-state index >= 15 is 0 Å². The zero-order chi connectivity index (χ0) is 31.5. The molecule has 0 saturated heterocycles. The first kappa shape index (κ1) is 34.2. The van der Waals surface area contributed by atoms with Gasteiger partial charge < -0.3 is 4.74 Å². The van der Waals surface area contributed by atoms with E-state index in [0.29, 0.717) is 17.5 Å². The fraction of sp³-hybridized carbons (Fsp3) is 0.595. The summed E-state index contributed by atoms with van der Waals surface area (Å²) in [6.07, 6.45) is 14.8. The molecule has 0 aliphatic heterocycles. The summed E-state index contributed by atoms with van der Waals surface area (Å²) < 4.78 is 6.74. The predicted molar refractivity (Wildman–Crippen MR) is 190 cm³/mol. The van der Waals surface area contributed by atoms with Crippen molar-refractivity contribution >= 4 is 39.4 Å². The van der Waals surface area contributed by atoms with Gasteiger partial charge in [0.15, 0.2) is 0 Å². The summed E-state index contributed by atoms with van der Waals surface area (Å²) in [5.41, 5.74) is 4.89. The molecule has 3 heterocycles. The van der Waals surface area contributed by atoms with Crippen LogP contribution in [0.15, 0.2) is 24.3 Å². The predicted octanol–water partition coefficient (Wildman–Crippen LogP) is 12.4. The van der Waals surface area contributed by atoms with Crippen molar-refractivity contribution in [2.75, 3.05) is 6.61 Å². The zero-order valence-electron chi connectivity index (χ0n) is 27.9. The third-order valence-corrected chi connectivity index (χ3v) is 11.1. The Kier molecular flexibility index (Phi) is 13.3. The summed E-state index contributed by atoms with van der Waals surface area (Å²) in [6.45, 7) is 22.7. The lowest BCUT2D eigenvalue weighted by Gasteiger charge is -2.18. The van der Waals surface area contributed by atoms with E-state index in [2.05, 4.69) is 64.6 Å². The highest BCUT2D eigenvalue weighted by atomic mass is 32.1. The van der Waals surface area contributed by atoms with Gasteiger partial charge in [0, 0.05) is 10.4 Å². The summed E-state index contributed by atoms with van der Waals surface area (Å²) in [6, 6.07) is 8.57. The van der Waals surface area contributed by atoms with Crippen molar-refractivity contribution in [3.05, 3.63) is 46.1 Å². The van der Waals surface area contributed by atoms with Gasteiger partial charge in [-0.05, 0) is 67.5 Å². The van der Waals surface area contributed by atoms with Crippen LogP contribution in [-0.4, -0.2) is 21.6 Å². The molecule has 0 radical (unpaired) electrons. The number of unbranched alkanes of at least 4 members (excludes halogenated alkanes) is 5. The van der Waals surface area contributed by atoms with Crippen molar-refractivity contribution in [3.63, 3.8) is 0 Å². The van der Waals surface area contributed by atoms with Gasteiger partial charge in [-0.2, -0.15) is 26.3 Å². The van der Waals surface area contributed by atoms with Gasteiger partial charge in [-0.15, -0.1) is 11.3 Å². The van der Waals surface area contributed by atoms with E-state index in [1.807, 2.05) is 10.9 Å². The maximum Gasteiger partial charge on any atom is 0.206 e. The molecule has 0 bridgehead atoms. The Labute approximate surface area is 273 Å². The molecule has 0 fully saturated rings. The molecule has 5 nitrogen and oxygen atoms in total. The van der Waals surface area contributed by atoms with Gasteiger partial charge in [-0.3, -0.25) is 0 Å². The van der Waals surface area contributed by atoms with E-state index in [4.69, 9.17) is 21.5 Å². The third-order valence-electron chi connectivity index (χ3n) is 8.78. The number of rotatable bonds is 19. The second-order valence-corrected chi connectivity index (χ2v) is 14.8. The minimum absolute atomic E-state index is 0.554. The highest BCUT2D eigenvalue weighted by molar-refractivity contribution is 7.24. The lowest BCUT2D eigenvalue weighted by molar-refractivity contribution is 0.226. The molecular formula is C37H52N4OS2. The van der Waals surface area contributed by atoms with E-state index in [9.17, 15) is 0 Å². The molecule has 1 aromatic carbocycles. The quantitative estimate of drug-likeness (QED) is 0.0763. The summed E-state index contributed by atoms with van der Waals surface area (Å²) in [5.74, 6) is 2.04. The average molecular weight is 633 g/mol. The summed E-state index contributed by atoms with van der Waals surface area (Å²) in [7, 11) is 0. The van der Waals surface area contributed by atoms with Gasteiger partial charge in [0.25, 0.3) is 0 Å². The first-order valence-corrected chi connectivity index (χ1v) is 18.6. The monoisotopic (exact) mass is 632 g/mol. The van der Waals surface area contributed by atoms with Crippen molar-refractivity contribution in [2.45, 2.75) is 125 Å². The van der Waals surface area contributed by atoms with E-state index in [-0.39, 0.29) is 0 Å². The zero-order valence-corrected chi connectivity index (χ0v) is 29.5. The van der Waals surface area contributed by atoms with E-state index < -0.39 is 0 Å². The van der Waals surface area contributed by atoms with Gasteiger partial charge >= 0.3 is 0 Å². The Balaban J connectivity index is 1.70.